The molecule has 1 amide bonds. The van der Waals surface area contributed by atoms with E-state index >= 15 is 0 Å². The van der Waals surface area contributed by atoms with Gasteiger partial charge in [0.05, 0.1) is 0 Å². The maximum Gasteiger partial charge on any atom is 0.244 e. The van der Waals surface area contributed by atoms with E-state index in [4.69, 9.17) is 5.73 Å². The SMILES string of the molecule is CC(C)c1nccn1CC(=O)Nc1cccc(CN)c1. The number of anilines is 1. The number of imidazole rings is 1. The Balaban J connectivity index is 2.03. The summed E-state index contributed by atoms with van der Waals surface area (Å²) in [4.78, 5) is 16.3. The molecular formula is C15H20N4O. The lowest BCUT2D eigenvalue weighted by Gasteiger charge is -2.11. The Kier molecular flexibility index (Phi) is 4.53. The quantitative estimate of drug-likeness (QED) is 0.875. The van der Waals surface area contributed by atoms with Crippen molar-refractivity contribution in [3.63, 3.8) is 0 Å². The van der Waals surface area contributed by atoms with Gasteiger partial charge in [-0.2, -0.15) is 0 Å². The van der Waals surface area contributed by atoms with Gasteiger partial charge in [-0.05, 0) is 17.7 Å². The van der Waals surface area contributed by atoms with Gasteiger partial charge >= 0.3 is 0 Å². The Morgan fingerprint density at radius 2 is 2.25 bits per heavy atom. The molecule has 0 aliphatic rings. The van der Waals surface area contributed by atoms with Crippen molar-refractivity contribution in [3.05, 3.63) is 48.0 Å². The maximum atomic E-state index is 12.1. The van der Waals surface area contributed by atoms with E-state index < -0.39 is 0 Å². The first-order chi connectivity index (χ1) is 9.60. The second-order valence-corrected chi connectivity index (χ2v) is 5.02. The topological polar surface area (TPSA) is 72.9 Å². The standard InChI is InChI=1S/C15H20N4O/c1-11(2)15-17-6-7-19(15)10-14(20)18-13-5-3-4-12(8-13)9-16/h3-8,11H,9-10,16H2,1-2H3,(H,18,20). The molecule has 2 aromatic rings. The molecule has 0 aliphatic heterocycles. The van der Waals surface area contributed by atoms with Gasteiger partial charge in [0.1, 0.15) is 12.4 Å². The predicted octanol–water partition coefficient (Wildman–Crippen LogP) is 2.10. The van der Waals surface area contributed by atoms with Crippen LogP contribution in [0.25, 0.3) is 0 Å². The van der Waals surface area contributed by atoms with E-state index in [1.54, 1.807) is 6.20 Å². The zero-order chi connectivity index (χ0) is 14.5. The predicted molar refractivity (Wildman–Crippen MR) is 79.3 cm³/mol. The van der Waals surface area contributed by atoms with E-state index in [1.165, 1.54) is 0 Å². The number of hydrogen-bond donors (Lipinski definition) is 2. The third-order valence-electron chi connectivity index (χ3n) is 3.02. The third kappa shape index (κ3) is 3.45. The van der Waals surface area contributed by atoms with Gasteiger partial charge in [0.25, 0.3) is 0 Å². The van der Waals surface area contributed by atoms with E-state index in [1.807, 2.05) is 35.0 Å². The first-order valence-corrected chi connectivity index (χ1v) is 6.70. The van der Waals surface area contributed by atoms with Crippen molar-refractivity contribution in [3.8, 4) is 0 Å². The summed E-state index contributed by atoms with van der Waals surface area (Å²) >= 11 is 0. The lowest BCUT2D eigenvalue weighted by Crippen LogP contribution is -2.20. The molecule has 0 saturated carbocycles. The fourth-order valence-electron chi connectivity index (χ4n) is 2.09. The molecule has 0 saturated heterocycles. The van der Waals surface area contributed by atoms with E-state index in [2.05, 4.69) is 24.1 Å². The van der Waals surface area contributed by atoms with Crippen molar-refractivity contribution in [2.75, 3.05) is 5.32 Å². The summed E-state index contributed by atoms with van der Waals surface area (Å²) in [6.07, 6.45) is 3.54. The highest BCUT2D eigenvalue weighted by Gasteiger charge is 2.10. The molecule has 20 heavy (non-hydrogen) atoms. The van der Waals surface area contributed by atoms with Crippen LogP contribution >= 0.6 is 0 Å². The molecule has 1 heterocycles. The molecule has 1 aromatic carbocycles. The van der Waals surface area contributed by atoms with E-state index in [9.17, 15) is 4.79 Å². The van der Waals surface area contributed by atoms with Crippen molar-refractivity contribution >= 4 is 11.6 Å². The van der Waals surface area contributed by atoms with E-state index in [0.717, 1.165) is 17.1 Å². The zero-order valence-corrected chi connectivity index (χ0v) is 11.8. The van der Waals surface area contributed by atoms with Crippen LogP contribution in [0.1, 0.15) is 31.2 Å². The minimum absolute atomic E-state index is 0.0703. The van der Waals surface area contributed by atoms with Gasteiger partial charge < -0.3 is 15.6 Å². The molecule has 0 aliphatic carbocycles. The number of carbonyl (C=O) groups excluding carboxylic acids is 1. The summed E-state index contributed by atoms with van der Waals surface area (Å²) in [6.45, 7) is 4.84. The molecule has 0 radical (unpaired) electrons. The van der Waals surface area contributed by atoms with E-state index in [0.29, 0.717) is 12.5 Å². The number of carbonyl (C=O) groups is 1. The number of amides is 1. The highest BCUT2D eigenvalue weighted by atomic mass is 16.1. The van der Waals surface area contributed by atoms with Gasteiger partial charge in [-0.3, -0.25) is 4.79 Å². The van der Waals surface area contributed by atoms with Crippen molar-refractivity contribution in [1.29, 1.82) is 0 Å². The normalized spacial score (nSPS) is 10.8. The summed E-state index contributed by atoms with van der Waals surface area (Å²) in [5, 5.41) is 2.88. The number of nitrogens with two attached hydrogens (primary N) is 1. The molecule has 0 unspecified atom stereocenters. The average molecular weight is 272 g/mol. The van der Waals surface area contributed by atoms with Crippen LogP contribution in [0, 0.1) is 0 Å². The van der Waals surface area contributed by atoms with Crippen LogP contribution in [0.3, 0.4) is 0 Å². The highest BCUT2D eigenvalue weighted by Crippen LogP contribution is 2.13. The lowest BCUT2D eigenvalue weighted by molar-refractivity contribution is -0.116. The van der Waals surface area contributed by atoms with Crippen LogP contribution in [0.2, 0.25) is 0 Å². The first-order valence-electron chi connectivity index (χ1n) is 6.70. The number of hydrogen-bond acceptors (Lipinski definition) is 3. The van der Waals surface area contributed by atoms with Gasteiger partial charge in [-0.15, -0.1) is 0 Å². The second-order valence-electron chi connectivity index (χ2n) is 5.02. The Morgan fingerprint density at radius 3 is 2.95 bits per heavy atom. The number of nitrogens with zero attached hydrogens (tertiary/aromatic N) is 2. The molecule has 3 N–H and O–H groups in total. The summed E-state index contributed by atoms with van der Waals surface area (Å²) < 4.78 is 1.87. The van der Waals surface area contributed by atoms with Crippen LogP contribution in [-0.4, -0.2) is 15.5 Å². The van der Waals surface area contributed by atoms with Crippen LogP contribution in [0.4, 0.5) is 5.69 Å². The minimum Gasteiger partial charge on any atom is -0.326 e. The fraction of sp³-hybridized carbons (Fsp3) is 0.333. The van der Waals surface area contributed by atoms with Crippen molar-refractivity contribution in [2.24, 2.45) is 5.73 Å². The molecule has 2 rings (SSSR count). The van der Waals surface area contributed by atoms with Gasteiger partial charge in [0.2, 0.25) is 5.91 Å². The molecule has 1 aromatic heterocycles. The van der Waals surface area contributed by atoms with Crippen molar-refractivity contribution < 1.29 is 4.79 Å². The Hall–Kier alpha value is -2.14. The lowest BCUT2D eigenvalue weighted by atomic mass is 10.2. The molecule has 0 bridgehead atoms. The second kappa shape index (κ2) is 6.34. The van der Waals surface area contributed by atoms with Gasteiger partial charge in [-0.25, -0.2) is 4.98 Å². The Bertz CT molecular complexity index is 589. The van der Waals surface area contributed by atoms with Gasteiger partial charge in [0.15, 0.2) is 0 Å². The van der Waals surface area contributed by atoms with E-state index in [-0.39, 0.29) is 12.5 Å². The van der Waals surface area contributed by atoms with Crippen LogP contribution in [0.5, 0.6) is 0 Å². The fourth-order valence-corrected chi connectivity index (χ4v) is 2.09. The monoisotopic (exact) mass is 272 g/mol. The van der Waals surface area contributed by atoms with Crippen LogP contribution in [0.15, 0.2) is 36.7 Å². The summed E-state index contributed by atoms with van der Waals surface area (Å²) in [5.41, 5.74) is 7.35. The zero-order valence-electron chi connectivity index (χ0n) is 11.8. The molecule has 0 atom stereocenters. The third-order valence-corrected chi connectivity index (χ3v) is 3.02. The summed E-state index contributed by atoms with van der Waals surface area (Å²) in [5.74, 6) is 1.13. The van der Waals surface area contributed by atoms with Crippen molar-refractivity contribution in [1.82, 2.24) is 9.55 Å². The summed E-state index contributed by atoms with van der Waals surface area (Å²) in [6, 6.07) is 7.56. The molecule has 0 spiro atoms. The van der Waals surface area contributed by atoms with Crippen molar-refractivity contribution in [2.45, 2.75) is 32.9 Å². The first kappa shape index (κ1) is 14.3. The maximum absolute atomic E-state index is 12.1. The number of benzene rings is 1. The summed E-state index contributed by atoms with van der Waals surface area (Å²) in [7, 11) is 0. The highest BCUT2D eigenvalue weighted by molar-refractivity contribution is 5.90. The molecule has 5 nitrogen and oxygen atoms in total. The molecule has 106 valence electrons. The van der Waals surface area contributed by atoms with Crippen LogP contribution in [-0.2, 0) is 17.9 Å². The van der Waals surface area contributed by atoms with Gasteiger partial charge in [0, 0.05) is 30.5 Å². The number of rotatable bonds is 5. The molecule has 5 heteroatoms. The largest absolute Gasteiger partial charge is 0.326 e. The van der Waals surface area contributed by atoms with Crippen LogP contribution < -0.4 is 11.1 Å². The smallest absolute Gasteiger partial charge is 0.244 e. The average Bonchev–Trinajstić information content (AvgIpc) is 2.87. The number of aromatic nitrogens is 2. The molecular weight excluding hydrogens is 252 g/mol. The Morgan fingerprint density at radius 1 is 1.45 bits per heavy atom. The van der Waals surface area contributed by atoms with Gasteiger partial charge in [-0.1, -0.05) is 26.0 Å². The number of nitrogens with one attached hydrogen (secondary N) is 1. The minimum atomic E-state index is -0.0703. The molecule has 0 fully saturated rings. The Labute approximate surface area is 118 Å².